The highest BCUT2D eigenvalue weighted by atomic mass is 16.3. The van der Waals surface area contributed by atoms with Crippen molar-refractivity contribution in [3.8, 4) is 0 Å². The van der Waals surface area contributed by atoms with Crippen LogP contribution in [0.1, 0.15) is 52.0 Å². The summed E-state index contributed by atoms with van der Waals surface area (Å²) in [6.45, 7) is 4.06. The third-order valence-corrected chi connectivity index (χ3v) is 3.90. The summed E-state index contributed by atoms with van der Waals surface area (Å²) in [4.78, 5) is 4.39. The number of imidazole rings is 1. The number of nitrogens with two attached hydrogens (primary N) is 1. The fourth-order valence-electron chi connectivity index (χ4n) is 2.74. The molecule has 0 aliphatic carbocycles. The standard InChI is InChI=1S/C16H25N3O/c1-3-4-5-6-9-14(12(2)20)19-11-18-16-13(17)8-7-10-15(16)19/h7-8,10-12,14,20H,3-6,9,17H2,1-2H3. The van der Waals surface area contributed by atoms with Crippen LogP contribution in [0.2, 0.25) is 0 Å². The van der Waals surface area contributed by atoms with Gasteiger partial charge in [0.2, 0.25) is 0 Å². The Kier molecular flexibility index (Phi) is 5.01. The largest absolute Gasteiger partial charge is 0.397 e. The van der Waals surface area contributed by atoms with E-state index < -0.39 is 6.10 Å². The van der Waals surface area contributed by atoms with Crippen LogP contribution in [0.15, 0.2) is 24.5 Å². The Morgan fingerprint density at radius 3 is 2.80 bits per heavy atom. The van der Waals surface area contributed by atoms with Crippen molar-refractivity contribution in [2.75, 3.05) is 5.73 Å². The van der Waals surface area contributed by atoms with Crippen molar-refractivity contribution in [2.24, 2.45) is 0 Å². The first-order valence-electron chi connectivity index (χ1n) is 7.54. The fourth-order valence-corrected chi connectivity index (χ4v) is 2.74. The molecule has 0 spiro atoms. The molecule has 20 heavy (non-hydrogen) atoms. The number of rotatable bonds is 7. The number of hydrogen-bond donors (Lipinski definition) is 2. The Morgan fingerprint density at radius 2 is 2.10 bits per heavy atom. The minimum absolute atomic E-state index is 0.0682. The van der Waals surface area contributed by atoms with E-state index in [0.717, 1.165) is 23.9 Å². The summed E-state index contributed by atoms with van der Waals surface area (Å²) in [7, 11) is 0. The molecule has 110 valence electrons. The SMILES string of the molecule is CCCCCCC(C(C)O)n1cnc2c(N)cccc21. The van der Waals surface area contributed by atoms with Crippen LogP contribution in [0.3, 0.4) is 0 Å². The lowest BCUT2D eigenvalue weighted by Crippen LogP contribution is -2.20. The number of nitrogen functional groups attached to an aromatic ring is 1. The smallest absolute Gasteiger partial charge is 0.111 e. The van der Waals surface area contributed by atoms with Crippen LogP contribution in [0.5, 0.6) is 0 Å². The zero-order valence-electron chi connectivity index (χ0n) is 12.4. The molecule has 0 aliphatic heterocycles. The molecule has 1 aromatic heterocycles. The van der Waals surface area contributed by atoms with Gasteiger partial charge < -0.3 is 15.4 Å². The molecular weight excluding hydrogens is 250 g/mol. The number of para-hydroxylation sites is 1. The van der Waals surface area contributed by atoms with Crippen molar-refractivity contribution in [2.45, 2.75) is 58.1 Å². The number of hydrogen-bond acceptors (Lipinski definition) is 3. The van der Waals surface area contributed by atoms with E-state index in [-0.39, 0.29) is 6.04 Å². The molecule has 0 fully saturated rings. The van der Waals surface area contributed by atoms with Gasteiger partial charge in [-0.25, -0.2) is 4.98 Å². The van der Waals surface area contributed by atoms with Crippen LogP contribution in [-0.2, 0) is 0 Å². The lowest BCUT2D eigenvalue weighted by molar-refractivity contribution is 0.125. The van der Waals surface area contributed by atoms with E-state index in [1.165, 1.54) is 19.3 Å². The Bertz CT molecular complexity index is 548. The molecule has 4 nitrogen and oxygen atoms in total. The second-order valence-electron chi connectivity index (χ2n) is 5.52. The Balaban J connectivity index is 2.21. The average Bonchev–Trinajstić information content (AvgIpc) is 2.84. The average molecular weight is 275 g/mol. The van der Waals surface area contributed by atoms with Crippen LogP contribution >= 0.6 is 0 Å². The molecule has 0 aliphatic rings. The summed E-state index contributed by atoms with van der Waals surface area (Å²) < 4.78 is 2.07. The topological polar surface area (TPSA) is 64.1 Å². The molecule has 2 aromatic rings. The molecule has 2 atom stereocenters. The zero-order chi connectivity index (χ0) is 14.5. The van der Waals surface area contributed by atoms with E-state index >= 15 is 0 Å². The summed E-state index contributed by atoms with van der Waals surface area (Å²) in [5.74, 6) is 0. The van der Waals surface area contributed by atoms with Crippen molar-refractivity contribution in [3.63, 3.8) is 0 Å². The van der Waals surface area contributed by atoms with Gasteiger partial charge in [-0.3, -0.25) is 0 Å². The number of anilines is 1. The van der Waals surface area contributed by atoms with Crippen molar-refractivity contribution >= 4 is 16.7 Å². The number of benzene rings is 1. The maximum absolute atomic E-state index is 10.1. The van der Waals surface area contributed by atoms with Gasteiger partial charge in [-0.2, -0.15) is 0 Å². The molecule has 0 radical (unpaired) electrons. The third-order valence-electron chi connectivity index (χ3n) is 3.90. The van der Waals surface area contributed by atoms with Gasteiger partial charge in [-0.1, -0.05) is 38.7 Å². The first-order valence-corrected chi connectivity index (χ1v) is 7.54. The summed E-state index contributed by atoms with van der Waals surface area (Å²) >= 11 is 0. The number of aliphatic hydroxyl groups excluding tert-OH is 1. The van der Waals surface area contributed by atoms with E-state index in [9.17, 15) is 5.11 Å². The molecule has 1 aromatic carbocycles. The molecule has 3 N–H and O–H groups in total. The molecule has 0 saturated heterocycles. The first-order chi connectivity index (χ1) is 9.65. The molecule has 1 heterocycles. The van der Waals surface area contributed by atoms with Gasteiger partial charge >= 0.3 is 0 Å². The highest BCUT2D eigenvalue weighted by Crippen LogP contribution is 2.27. The highest BCUT2D eigenvalue weighted by Gasteiger charge is 2.19. The minimum atomic E-state index is -0.393. The Labute approximate surface area is 120 Å². The van der Waals surface area contributed by atoms with Gasteiger partial charge in [0.15, 0.2) is 0 Å². The number of aromatic nitrogens is 2. The maximum atomic E-state index is 10.1. The monoisotopic (exact) mass is 275 g/mol. The number of unbranched alkanes of at least 4 members (excludes halogenated alkanes) is 3. The first kappa shape index (κ1) is 14.9. The second kappa shape index (κ2) is 6.75. The van der Waals surface area contributed by atoms with Crippen LogP contribution < -0.4 is 5.73 Å². The van der Waals surface area contributed by atoms with Crippen molar-refractivity contribution in [1.29, 1.82) is 0 Å². The van der Waals surface area contributed by atoms with E-state index in [1.54, 1.807) is 6.33 Å². The summed E-state index contributed by atoms with van der Waals surface area (Å²) in [6.07, 6.45) is 7.21. The van der Waals surface area contributed by atoms with E-state index in [2.05, 4.69) is 16.5 Å². The zero-order valence-corrected chi connectivity index (χ0v) is 12.4. The van der Waals surface area contributed by atoms with Gasteiger partial charge in [0.1, 0.15) is 5.52 Å². The fraction of sp³-hybridized carbons (Fsp3) is 0.562. The van der Waals surface area contributed by atoms with E-state index in [1.807, 2.05) is 25.1 Å². The predicted octanol–water partition coefficient (Wildman–Crippen LogP) is 3.51. The Hall–Kier alpha value is -1.55. The molecule has 2 rings (SSSR count). The number of fused-ring (bicyclic) bond motifs is 1. The summed E-state index contributed by atoms with van der Waals surface area (Å²) in [6, 6.07) is 5.88. The van der Waals surface area contributed by atoms with Gasteiger partial charge in [0.25, 0.3) is 0 Å². The second-order valence-corrected chi connectivity index (χ2v) is 5.52. The minimum Gasteiger partial charge on any atom is -0.397 e. The van der Waals surface area contributed by atoms with Crippen molar-refractivity contribution in [1.82, 2.24) is 9.55 Å². The van der Waals surface area contributed by atoms with Crippen molar-refractivity contribution in [3.05, 3.63) is 24.5 Å². The van der Waals surface area contributed by atoms with Crippen LogP contribution in [-0.4, -0.2) is 20.8 Å². The summed E-state index contributed by atoms with van der Waals surface area (Å²) in [5.41, 5.74) is 8.47. The maximum Gasteiger partial charge on any atom is 0.111 e. The van der Waals surface area contributed by atoms with Gasteiger partial charge in [-0.15, -0.1) is 0 Å². The van der Waals surface area contributed by atoms with Gasteiger partial charge in [0, 0.05) is 0 Å². The lowest BCUT2D eigenvalue weighted by Gasteiger charge is -2.22. The van der Waals surface area contributed by atoms with Gasteiger partial charge in [-0.05, 0) is 25.5 Å². The molecule has 0 bridgehead atoms. The van der Waals surface area contributed by atoms with E-state index in [0.29, 0.717) is 5.69 Å². The van der Waals surface area contributed by atoms with Crippen LogP contribution in [0, 0.1) is 0 Å². The van der Waals surface area contributed by atoms with Crippen LogP contribution in [0.4, 0.5) is 5.69 Å². The third kappa shape index (κ3) is 3.12. The normalized spacial score (nSPS) is 14.6. The predicted molar refractivity (Wildman–Crippen MR) is 83.6 cm³/mol. The van der Waals surface area contributed by atoms with Crippen LogP contribution in [0.25, 0.3) is 11.0 Å². The summed E-state index contributed by atoms with van der Waals surface area (Å²) in [5, 5.41) is 10.1. The molecular formula is C16H25N3O. The molecule has 0 saturated carbocycles. The van der Waals surface area contributed by atoms with Crippen molar-refractivity contribution < 1.29 is 5.11 Å². The lowest BCUT2D eigenvalue weighted by atomic mass is 10.0. The molecule has 0 amide bonds. The highest BCUT2D eigenvalue weighted by molar-refractivity contribution is 5.87. The van der Waals surface area contributed by atoms with E-state index in [4.69, 9.17) is 5.73 Å². The quantitative estimate of drug-likeness (QED) is 0.600. The number of aliphatic hydroxyl groups is 1. The van der Waals surface area contributed by atoms with Gasteiger partial charge in [0.05, 0.1) is 29.7 Å². The molecule has 4 heteroatoms. The Morgan fingerprint density at radius 1 is 1.30 bits per heavy atom. The number of nitrogens with zero attached hydrogens (tertiary/aromatic N) is 2. The molecule has 2 unspecified atom stereocenters.